The minimum atomic E-state index is -1.36. The minimum absolute atomic E-state index is 0.0801. The lowest BCUT2D eigenvalue weighted by molar-refractivity contribution is -0.0493. The molecule has 0 radical (unpaired) electrons. The summed E-state index contributed by atoms with van der Waals surface area (Å²) >= 11 is 1.19. The van der Waals surface area contributed by atoms with E-state index in [0.29, 0.717) is 11.7 Å². The van der Waals surface area contributed by atoms with Gasteiger partial charge in [0, 0.05) is 20.2 Å². The minimum Gasteiger partial charge on any atom is -0.413 e. The Hall–Kier alpha value is -1.71. The molecule has 0 spiro atoms. The third-order valence-electron chi connectivity index (χ3n) is 3.97. The van der Waals surface area contributed by atoms with Crippen molar-refractivity contribution >= 4 is 31.0 Å². The summed E-state index contributed by atoms with van der Waals surface area (Å²) in [5.41, 5.74) is 4.08. The Bertz CT molecular complexity index is 767. The molecule has 1 aromatic carbocycles. The highest BCUT2D eigenvalue weighted by Gasteiger charge is 2.34. The Morgan fingerprint density at radius 3 is 2.70 bits per heavy atom. The van der Waals surface area contributed by atoms with Gasteiger partial charge >= 0.3 is 6.09 Å². The van der Waals surface area contributed by atoms with Crippen LogP contribution in [-0.2, 0) is 15.0 Å². The molecule has 1 aromatic rings. The molecular weight excluding hydrogens is 390 g/mol. The maximum absolute atomic E-state index is 14.3. The van der Waals surface area contributed by atoms with Crippen molar-refractivity contribution in [3.05, 3.63) is 46.9 Å². The number of nitrogens with two attached hydrogens (primary N) is 1. The van der Waals surface area contributed by atoms with Crippen molar-refractivity contribution in [3.8, 4) is 0 Å². The summed E-state index contributed by atoms with van der Waals surface area (Å²) in [7, 11) is -1.36. The first-order valence-corrected chi connectivity index (χ1v) is 13.1. The number of carbonyl (C=O) groups excluding carboxylic acids is 1. The summed E-state index contributed by atoms with van der Waals surface area (Å²) in [5, 5.41) is 2.00. The normalized spacial score (nSPS) is 20.9. The highest BCUT2D eigenvalue weighted by molar-refractivity contribution is 8.16. The molecule has 0 aliphatic carbocycles. The van der Waals surface area contributed by atoms with Crippen molar-refractivity contribution in [2.24, 2.45) is 10.7 Å². The molecule has 2 N–H and O–H groups in total. The number of amides is 1. The molecule has 0 aromatic heterocycles. The first-order valence-electron chi connectivity index (χ1n) is 8.48. The van der Waals surface area contributed by atoms with Gasteiger partial charge in [0.2, 0.25) is 0 Å². The quantitative estimate of drug-likeness (QED) is 0.522. The maximum Gasteiger partial charge on any atom is 0.407 e. The first kappa shape index (κ1) is 21.6. The van der Waals surface area contributed by atoms with E-state index in [1.165, 1.54) is 23.9 Å². The number of halogens is 2. The van der Waals surface area contributed by atoms with Gasteiger partial charge in [0.1, 0.15) is 10.6 Å². The van der Waals surface area contributed by atoms with Crippen LogP contribution in [0.3, 0.4) is 0 Å². The zero-order valence-electron chi connectivity index (χ0n) is 15.8. The molecule has 0 fully saturated rings. The van der Waals surface area contributed by atoms with Crippen LogP contribution >= 0.6 is 11.8 Å². The van der Waals surface area contributed by atoms with E-state index in [-0.39, 0.29) is 5.56 Å². The fourth-order valence-corrected chi connectivity index (χ4v) is 4.09. The van der Waals surface area contributed by atoms with Crippen molar-refractivity contribution in [1.29, 1.82) is 0 Å². The van der Waals surface area contributed by atoms with Gasteiger partial charge in [-0.05, 0) is 30.5 Å². The van der Waals surface area contributed by atoms with Crippen LogP contribution in [0.1, 0.15) is 12.5 Å². The summed E-state index contributed by atoms with van der Waals surface area (Å²) in [6, 6.07) is 4.79. The Morgan fingerprint density at radius 2 is 2.07 bits per heavy atom. The number of rotatable bonds is 7. The average Bonchev–Trinajstić information content (AvgIpc) is 2.55. The summed E-state index contributed by atoms with van der Waals surface area (Å²) in [6.45, 7) is 8.60. The monoisotopic (exact) mass is 414 g/mol. The van der Waals surface area contributed by atoms with E-state index in [1.54, 1.807) is 18.4 Å². The van der Waals surface area contributed by atoms with Crippen LogP contribution in [0.4, 0.5) is 13.6 Å². The van der Waals surface area contributed by atoms with Crippen molar-refractivity contribution in [2.75, 3.05) is 6.61 Å². The molecule has 1 heterocycles. The number of primary amides is 1. The Balaban J connectivity index is 2.29. The molecule has 27 heavy (non-hydrogen) atoms. The number of carbonyl (C=O) groups is 1. The zero-order chi connectivity index (χ0) is 20.2. The SMILES string of the molecule is CC1(c2cccc(F)c2F)C=CSC(C(OCC[Si](C)(C)C)OC(N)=O)=N1. The van der Waals surface area contributed by atoms with E-state index < -0.39 is 37.6 Å². The summed E-state index contributed by atoms with van der Waals surface area (Å²) in [4.78, 5) is 15.8. The molecule has 1 amide bonds. The molecule has 1 aliphatic rings. The van der Waals surface area contributed by atoms with E-state index in [2.05, 4.69) is 24.6 Å². The third kappa shape index (κ3) is 5.88. The standard InChI is InChI=1S/C18H24F2N2O3SSi/c1-18(12-6-5-7-13(19)14(12)20)8-10-26-15(22-18)16(25-17(21)23)24-9-11-27(2,3)4/h5-8,10,16H,9,11H2,1-4H3,(H2,21,23). The molecule has 1 aliphatic heterocycles. The lowest BCUT2D eigenvalue weighted by atomic mass is 9.92. The van der Waals surface area contributed by atoms with Gasteiger partial charge in [-0.1, -0.05) is 43.5 Å². The van der Waals surface area contributed by atoms with Gasteiger partial charge in [-0.3, -0.25) is 4.99 Å². The number of ether oxygens (including phenoxy) is 2. The van der Waals surface area contributed by atoms with Crippen LogP contribution in [-0.4, -0.2) is 32.1 Å². The lowest BCUT2D eigenvalue weighted by Gasteiger charge is -2.29. The van der Waals surface area contributed by atoms with Gasteiger partial charge < -0.3 is 15.2 Å². The van der Waals surface area contributed by atoms with Crippen LogP contribution in [0.15, 0.2) is 34.7 Å². The van der Waals surface area contributed by atoms with Gasteiger partial charge in [0.25, 0.3) is 6.29 Å². The first-order chi connectivity index (χ1) is 12.5. The van der Waals surface area contributed by atoms with Crippen molar-refractivity contribution < 1.29 is 23.0 Å². The number of nitrogens with zero attached hydrogens (tertiary/aromatic N) is 1. The largest absolute Gasteiger partial charge is 0.413 e. The van der Waals surface area contributed by atoms with Crippen molar-refractivity contribution in [1.82, 2.24) is 0 Å². The van der Waals surface area contributed by atoms with Crippen molar-refractivity contribution in [2.45, 2.75) is 44.4 Å². The highest BCUT2D eigenvalue weighted by atomic mass is 32.2. The number of thioether (sulfide) groups is 1. The van der Waals surface area contributed by atoms with Crippen LogP contribution < -0.4 is 5.73 Å². The molecule has 2 unspecified atom stereocenters. The molecule has 2 rings (SSSR count). The van der Waals surface area contributed by atoms with E-state index >= 15 is 0 Å². The third-order valence-corrected chi connectivity index (χ3v) is 6.47. The average molecular weight is 415 g/mol. The fraction of sp³-hybridized carbons (Fsp3) is 0.444. The van der Waals surface area contributed by atoms with Crippen molar-refractivity contribution in [3.63, 3.8) is 0 Å². The molecule has 0 saturated carbocycles. The molecule has 0 saturated heterocycles. The van der Waals surface area contributed by atoms with Gasteiger partial charge in [-0.15, -0.1) is 0 Å². The van der Waals surface area contributed by atoms with Gasteiger partial charge in [0.15, 0.2) is 11.6 Å². The second kappa shape index (κ2) is 8.53. The molecule has 9 heteroatoms. The smallest absolute Gasteiger partial charge is 0.407 e. The maximum atomic E-state index is 14.3. The highest BCUT2D eigenvalue weighted by Crippen LogP contribution is 2.36. The fourth-order valence-electron chi connectivity index (χ4n) is 2.42. The van der Waals surface area contributed by atoms with Gasteiger partial charge in [-0.25, -0.2) is 13.6 Å². The summed E-state index contributed by atoms with van der Waals surface area (Å²) in [5.74, 6) is -1.92. The van der Waals surface area contributed by atoms with Gasteiger partial charge in [-0.2, -0.15) is 0 Å². The van der Waals surface area contributed by atoms with Crippen LogP contribution in [0.5, 0.6) is 0 Å². The van der Waals surface area contributed by atoms with E-state index in [0.717, 1.165) is 12.1 Å². The number of hydrogen-bond donors (Lipinski definition) is 1. The summed E-state index contributed by atoms with van der Waals surface area (Å²) in [6.07, 6.45) is -0.433. The van der Waals surface area contributed by atoms with E-state index in [1.807, 2.05) is 0 Å². The molecule has 0 bridgehead atoms. The predicted octanol–water partition coefficient (Wildman–Crippen LogP) is 4.62. The van der Waals surface area contributed by atoms with Crippen LogP contribution in [0, 0.1) is 11.6 Å². The second-order valence-electron chi connectivity index (χ2n) is 7.57. The van der Waals surface area contributed by atoms with E-state index in [9.17, 15) is 13.6 Å². The number of hydrogen-bond acceptors (Lipinski definition) is 5. The molecule has 2 atom stereocenters. The summed E-state index contributed by atoms with van der Waals surface area (Å²) < 4.78 is 38.7. The number of benzene rings is 1. The molecule has 148 valence electrons. The lowest BCUT2D eigenvalue weighted by Crippen LogP contribution is -2.35. The van der Waals surface area contributed by atoms with Gasteiger partial charge in [0.05, 0.1) is 0 Å². The molecular formula is C18H24F2N2O3SSi. The topological polar surface area (TPSA) is 73.9 Å². The zero-order valence-corrected chi connectivity index (χ0v) is 17.6. The van der Waals surface area contributed by atoms with E-state index in [4.69, 9.17) is 15.2 Å². The Morgan fingerprint density at radius 1 is 1.37 bits per heavy atom. The molecule has 5 nitrogen and oxygen atoms in total. The number of aliphatic imine (C=N–C) groups is 1. The van der Waals surface area contributed by atoms with Crippen LogP contribution in [0.2, 0.25) is 25.7 Å². The second-order valence-corrected chi connectivity index (χ2v) is 14.1. The Kier molecular flexibility index (Phi) is 6.82. The predicted molar refractivity (Wildman–Crippen MR) is 106 cm³/mol. The Labute approximate surface area is 163 Å². The van der Waals surface area contributed by atoms with Crippen LogP contribution in [0.25, 0.3) is 0 Å².